The lowest BCUT2D eigenvalue weighted by Gasteiger charge is -2.09. The molecule has 0 aliphatic heterocycles. The fourth-order valence-corrected chi connectivity index (χ4v) is 2.17. The Morgan fingerprint density at radius 3 is 2.67 bits per heavy atom. The highest BCUT2D eigenvalue weighted by Crippen LogP contribution is 2.11. The molecule has 0 aliphatic rings. The van der Waals surface area contributed by atoms with E-state index >= 15 is 0 Å². The number of carbonyl (C=O) groups is 1. The minimum absolute atomic E-state index is 0.200. The van der Waals surface area contributed by atoms with E-state index in [9.17, 15) is 13.6 Å². The molecule has 1 amide bonds. The summed E-state index contributed by atoms with van der Waals surface area (Å²) in [6.07, 6.45) is 6.56. The number of amides is 1. The molecule has 0 radical (unpaired) electrons. The fraction of sp³-hybridized carbons (Fsp3) is 0.125. The summed E-state index contributed by atoms with van der Waals surface area (Å²) >= 11 is 0. The first-order valence-electron chi connectivity index (χ1n) is 7.17. The van der Waals surface area contributed by atoms with Crippen molar-refractivity contribution in [3.8, 4) is 11.6 Å². The van der Waals surface area contributed by atoms with Crippen LogP contribution in [0, 0.1) is 11.6 Å². The number of hydrogen-bond donors (Lipinski definition) is 1. The molecule has 0 aliphatic carbocycles. The molecular weight excluding hydrogens is 316 g/mol. The Hall–Kier alpha value is -3.16. The summed E-state index contributed by atoms with van der Waals surface area (Å²) in [5, 5.41) is 2.59. The molecule has 2 aromatic heterocycles. The van der Waals surface area contributed by atoms with Gasteiger partial charge in [-0.1, -0.05) is 0 Å². The van der Waals surface area contributed by atoms with E-state index in [1.165, 1.54) is 0 Å². The molecule has 6 nitrogen and oxygen atoms in total. The average molecular weight is 329 g/mol. The Morgan fingerprint density at radius 2 is 1.92 bits per heavy atom. The van der Waals surface area contributed by atoms with E-state index in [-0.39, 0.29) is 12.1 Å². The topological polar surface area (TPSA) is 72.7 Å². The second-order valence-electron chi connectivity index (χ2n) is 4.90. The Morgan fingerprint density at radius 1 is 1.12 bits per heavy atom. The first-order valence-corrected chi connectivity index (χ1v) is 7.17. The highest BCUT2D eigenvalue weighted by atomic mass is 19.1. The summed E-state index contributed by atoms with van der Waals surface area (Å²) in [7, 11) is 0. The van der Waals surface area contributed by atoms with Crippen molar-refractivity contribution in [1.29, 1.82) is 0 Å². The number of hydrogen-bond acceptors (Lipinski definition) is 4. The number of nitrogens with zero attached hydrogens (tertiary/aromatic N) is 4. The largest absolute Gasteiger partial charge is 0.350 e. The van der Waals surface area contributed by atoms with Gasteiger partial charge in [0.25, 0.3) is 5.91 Å². The molecule has 0 atom stereocenters. The lowest BCUT2D eigenvalue weighted by atomic mass is 10.2. The van der Waals surface area contributed by atoms with Gasteiger partial charge in [-0.25, -0.2) is 23.7 Å². The van der Waals surface area contributed by atoms with Gasteiger partial charge in [0.15, 0.2) is 11.6 Å². The maximum absolute atomic E-state index is 13.6. The van der Waals surface area contributed by atoms with Crippen LogP contribution in [-0.4, -0.2) is 32.0 Å². The van der Waals surface area contributed by atoms with Gasteiger partial charge in [0.1, 0.15) is 11.6 Å². The van der Waals surface area contributed by atoms with E-state index < -0.39 is 17.5 Å². The summed E-state index contributed by atoms with van der Waals surface area (Å²) < 4.78 is 28.2. The zero-order valence-electron chi connectivity index (χ0n) is 12.5. The molecule has 24 heavy (non-hydrogen) atoms. The molecule has 0 fully saturated rings. The predicted octanol–water partition coefficient (Wildman–Crippen LogP) is 2.05. The molecule has 0 bridgehead atoms. The van der Waals surface area contributed by atoms with Crippen LogP contribution in [0.5, 0.6) is 0 Å². The first kappa shape index (κ1) is 15.7. The molecule has 0 unspecified atom stereocenters. The number of halogens is 2. The normalized spacial score (nSPS) is 10.6. The standard InChI is InChI=1S/C16H13F2N5O/c17-11-2-3-12(13(18)10-11)16(24)22-7-9-23-8-6-21-15(23)14-19-4-1-5-20-14/h1-6,8,10H,7,9H2,(H,22,24). The Labute approximate surface area is 136 Å². The Balaban J connectivity index is 1.63. The van der Waals surface area contributed by atoms with Gasteiger partial charge in [0.2, 0.25) is 0 Å². The minimum Gasteiger partial charge on any atom is -0.350 e. The summed E-state index contributed by atoms with van der Waals surface area (Å²) in [4.78, 5) is 24.4. The van der Waals surface area contributed by atoms with Gasteiger partial charge in [0, 0.05) is 43.9 Å². The molecule has 122 valence electrons. The third-order valence-electron chi connectivity index (χ3n) is 3.30. The summed E-state index contributed by atoms with van der Waals surface area (Å²) in [6.45, 7) is 0.647. The third-order valence-corrected chi connectivity index (χ3v) is 3.30. The van der Waals surface area contributed by atoms with Gasteiger partial charge in [-0.3, -0.25) is 4.79 Å². The van der Waals surface area contributed by atoms with Crippen LogP contribution >= 0.6 is 0 Å². The van der Waals surface area contributed by atoms with Gasteiger partial charge < -0.3 is 9.88 Å². The van der Waals surface area contributed by atoms with Crippen LogP contribution in [0.2, 0.25) is 0 Å². The van der Waals surface area contributed by atoms with Gasteiger partial charge in [-0.15, -0.1) is 0 Å². The van der Waals surface area contributed by atoms with Gasteiger partial charge in [-0.2, -0.15) is 0 Å². The van der Waals surface area contributed by atoms with Crippen LogP contribution in [0.4, 0.5) is 8.78 Å². The van der Waals surface area contributed by atoms with Crippen LogP contribution in [0.25, 0.3) is 11.6 Å². The fourth-order valence-electron chi connectivity index (χ4n) is 2.17. The number of imidazole rings is 1. The number of nitrogens with one attached hydrogen (secondary N) is 1. The van der Waals surface area contributed by atoms with Crippen molar-refractivity contribution in [2.75, 3.05) is 6.54 Å². The van der Waals surface area contributed by atoms with Gasteiger partial charge in [0.05, 0.1) is 5.56 Å². The van der Waals surface area contributed by atoms with Gasteiger partial charge >= 0.3 is 0 Å². The number of aromatic nitrogens is 4. The van der Waals surface area contributed by atoms with E-state index in [4.69, 9.17) is 0 Å². The van der Waals surface area contributed by atoms with Gasteiger partial charge in [-0.05, 0) is 18.2 Å². The molecule has 3 rings (SSSR count). The lowest BCUT2D eigenvalue weighted by Crippen LogP contribution is -2.28. The quantitative estimate of drug-likeness (QED) is 0.777. The average Bonchev–Trinajstić information content (AvgIpc) is 3.04. The Bertz CT molecular complexity index is 851. The highest BCUT2D eigenvalue weighted by molar-refractivity contribution is 5.94. The summed E-state index contributed by atoms with van der Waals surface area (Å²) in [5.41, 5.74) is -0.200. The highest BCUT2D eigenvalue weighted by Gasteiger charge is 2.13. The van der Waals surface area contributed by atoms with Crippen molar-refractivity contribution in [1.82, 2.24) is 24.8 Å². The van der Waals surface area contributed by atoms with E-state index in [1.807, 2.05) is 0 Å². The van der Waals surface area contributed by atoms with E-state index in [0.717, 1.165) is 12.1 Å². The molecule has 0 saturated carbocycles. The summed E-state index contributed by atoms with van der Waals surface area (Å²) in [6, 6.07) is 4.53. The minimum atomic E-state index is -0.895. The second kappa shape index (κ2) is 6.95. The molecule has 8 heteroatoms. The zero-order chi connectivity index (χ0) is 16.9. The number of rotatable bonds is 5. The number of benzene rings is 1. The summed E-state index contributed by atoms with van der Waals surface area (Å²) in [5.74, 6) is -1.19. The van der Waals surface area contributed by atoms with Crippen molar-refractivity contribution in [3.63, 3.8) is 0 Å². The SMILES string of the molecule is O=C(NCCn1ccnc1-c1ncccn1)c1ccc(F)cc1F. The van der Waals surface area contributed by atoms with Crippen molar-refractivity contribution in [2.45, 2.75) is 6.54 Å². The van der Waals surface area contributed by atoms with E-state index in [1.54, 1.807) is 35.4 Å². The van der Waals surface area contributed by atoms with Crippen LogP contribution < -0.4 is 5.32 Å². The maximum atomic E-state index is 13.6. The monoisotopic (exact) mass is 329 g/mol. The molecule has 1 aromatic carbocycles. The van der Waals surface area contributed by atoms with Crippen LogP contribution in [0.3, 0.4) is 0 Å². The van der Waals surface area contributed by atoms with Crippen molar-refractivity contribution < 1.29 is 13.6 Å². The zero-order valence-corrected chi connectivity index (χ0v) is 12.5. The maximum Gasteiger partial charge on any atom is 0.254 e. The van der Waals surface area contributed by atoms with E-state index in [2.05, 4.69) is 20.3 Å². The van der Waals surface area contributed by atoms with Crippen molar-refractivity contribution >= 4 is 5.91 Å². The molecule has 1 N–H and O–H groups in total. The third kappa shape index (κ3) is 3.43. The van der Waals surface area contributed by atoms with Crippen LogP contribution in [-0.2, 0) is 6.54 Å². The predicted molar refractivity (Wildman–Crippen MR) is 81.9 cm³/mol. The van der Waals surface area contributed by atoms with Crippen molar-refractivity contribution in [2.24, 2.45) is 0 Å². The molecule has 3 aromatic rings. The Kier molecular flexibility index (Phi) is 4.55. The molecule has 2 heterocycles. The lowest BCUT2D eigenvalue weighted by molar-refractivity contribution is 0.0948. The van der Waals surface area contributed by atoms with Crippen molar-refractivity contribution in [3.05, 3.63) is 66.3 Å². The van der Waals surface area contributed by atoms with Crippen LogP contribution in [0.15, 0.2) is 49.1 Å². The first-order chi connectivity index (χ1) is 11.6. The molecule has 0 saturated heterocycles. The number of carbonyl (C=O) groups excluding carboxylic acids is 1. The molecular formula is C16H13F2N5O. The van der Waals surface area contributed by atoms with E-state index in [0.29, 0.717) is 24.3 Å². The second-order valence-corrected chi connectivity index (χ2v) is 4.90. The molecule has 0 spiro atoms. The smallest absolute Gasteiger partial charge is 0.254 e. The van der Waals surface area contributed by atoms with Crippen LogP contribution in [0.1, 0.15) is 10.4 Å².